The van der Waals surface area contributed by atoms with Crippen LogP contribution in [0.4, 0.5) is 0 Å². The van der Waals surface area contributed by atoms with Crippen molar-refractivity contribution in [3.8, 4) is 0 Å². The van der Waals surface area contributed by atoms with E-state index in [0.717, 1.165) is 11.8 Å². The van der Waals surface area contributed by atoms with E-state index in [0.29, 0.717) is 12.0 Å². The van der Waals surface area contributed by atoms with Crippen molar-refractivity contribution < 1.29 is 9.53 Å². The molecule has 0 aliphatic rings. The van der Waals surface area contributed by atoms with Crippen LogP contribution in [-0.4, -0.2) is 17.1 Å². The molecule has 94 valence electrons. The van der Waals surface area contributed by atoms with Gasteiger partial charge in [0.15, 0.2) is 0 Å². The van der Waals surface area contributed by atoms with Crippen LogP contribution in [0.3, 0.4) is 0 Å². The van der Waals surface area contributed by atoms with Gasteiger partial charge in [-0.25, -0.2) is 0 Å². The summed E-state index contributed by atoms with van der Waals surface area (Å²) in [7, 11) is 0. The third-order valence-electron chi connectivity index (χ3n) is 2.65. The van der Waals surface area contributed by atoms with Crippen LogP contribution in [0, 0.1) is 0 Å². The van der Waals surface area contributed by atoms with Crippen molar-refractivity contribution in [1.29, 1.82) is 0 Å². The van der Waals surface area contributed by atoms with Crippen molar-refractivity contribution in [2.24, 2.45) is 0 Å². The molecule has 1 aromatic heterocycles. The third-order valence-corrected chi connectivity index (χ3v) is 2.65. The highest BCUT2D eigenvalue weighted by atomic mass is 16.5. The summed E-state index contributed by atoms with van der Waals surface area (Å²) >= 11 is 0. The van der Waals surface area contributed by atoms with Crippen molar-refractivity contribution in [2.75, 3.05) is 6.61 Å². The Kier molecular flexibility index (Phi) is 3.77. The van der Waals surface area contributed by atoms with Gasteiger partial charge in [-0.05, 0) is 23.9 Å². The molecular formula is C14H15NO3. The predicted octanol–water partition coefficient (Wildman–Crippen LogP) is 1.95. The second-order valence-corrected chi connectivity index (χ2v) is 4.06. The highest BCUT2D eigenvalue weighted by molar-refractivity contribution is 5.81. The summed E-state index contributed by atoms with van der Waals surface area (Å²) in [5.74, 6) is -0.380. The molecule has 0 saturated carbocycles. The van der Waals surface area contributed by atoms with Crippen LogP contribution in [0.1, 0.15) is 13.3 Å². The highest BCUT2D eigenvalue weighted by Gasteiger charge is 2.07. The van der Waals surface area contributed by atoms with E-state index in [9.17, 15) is 9.59 Å². The molecule has 1 aromatic carbocycles. The van der Waals surface area contributed by atoms with Gasteiger partial charge in [-0.2, -0.15) is 0 Å². The first-order chi connectivity index (χ1) is 8.72. The Labute approximate surface area is 105 Å². The summed E-state index contributed by atoms with van der Waals surface area (Å²) in [6.07, 6.45) is 2.40. The molecule has 0 amide bonds. The number of fused-ring (bicyclic) bond motifs is 1. The lowest BCUT2D eigenvalue weighted by Gasteiger charge is -2.07. The van der Waals surface area contributed by atoms with Gasteiger partial charge in [0, 0.05) is 11.6 Å². The monoisotopic (exact) mass is 245 g/mol. The average Bonchev–Trinajstić information content (AvgIpc) is 2.40. The van der Waals surface area contributed by atoms with Crippen molar-refractivity contribution in [2.45, 2.75) is 19.9 Å². The number of rotatable bonds is 4. The van der Waals surface area contributed by atoms with Crippen molar-refractivity contribution in [3.05, 3.63) is 46.9 Å². The fourth-order valence-electron chi connectivity index (χ4n) is 1.75. The quantitative estimate of drug-likeness (QED) is 0.773. The topological polar surface area (TPSA) is 48.3 Å². The Balaban J connectivity index is 2.27. The van der Waals surface area contributed by atoms with Crippen LogP contribution < -0.4 is 5.56 Å². The lowest BCUT2D eigenvalue weighted by Crippen LogP contribution is -2.25. The number of hydrogen-bond donors (Lipinski definition) is 0. The summed E-state index contributed by atoms with van der Waals surface area (Å²) in [4.78, 5) is 23.6. The SMILES string of the molecule is CCCOC(=O)Cn1ccc2ccccc2c1=O. The molecule has 0 fully saturated rings. The van der Waals surface area contributed by atoms with Gasteiger partial charge < -0.3 is 9.30 Å². The van der Waals surface area contributed by atoms with E-state index >= 15 is 0 Å². The van der Waals surface area contributed by atoms with Crippen molar-refractivity contribution >= 4 is 16.7 Å². The number of nitrogens with zero attached hydrogens (tertiary/aromatic N) is 1. The molecule has 0 aliphatic heterocycles. The maximum Gasteiger partial charge on any atom is 0.326 e. The van der Waals surface area contributed by atoms with Gasteiger partial charge >= 0.3 is 5.97 Å². The van der Waals surface area contributed by atoms with Crippen LogP contribution >= 0.6 is 0 Å². The molecule has 0 N–H and O–H groups in total. The van der Waals surface area contributed by atoms with Crippen LogP contribution in [0.25, 0.3) is 10.8 Å². The summed E-state index contributed by atoms with van der Waals surface area (Å²) in [5.41, 5.74) is -0.165. The van der Waals surface area contributed by atoms with Gasteiger partial charge in [0.2, 0.25) is 0 Å². The molecule has 1 heterocycles. The van der Waals surface area contributed by atoms with Crippen LogP contribution in [0.2, 0.25) is 0 Å². The van der Waals surface area contributed by atoms with Crippen molar-refractivity contribution in [3.63, 3.8) is 0 Å². The smallest absolute Gasteiger partial charge is 0.326 e. The van der Waals surface area contributed by atoms with E-state index in [2.05, 4.69) is 0 Å². The largest absolute Gasteiger partial charge is 0.464 e. The zero-order valence-corrected chi connectivity index (χ0v) is 10.3. The lowest BCUT2D eigenvalue weighted by atomic mass is 10.2. The average molecular weight is 245 g/mol. The first-order valence-corrected chi connectivity index (χ1v) is 5.96. The Hall–Kier alpha value is -2.10. The van der Waals surface area contributed by atoms with E-state index in [1.807, 2.05) is 31.2 Å². The minimum atomic E-state index is -0.380. The molecule has 18 heavy (non-hydrogen) atoms. The molecule has 2 aromatic rings. The maximum atomic E-state index is 12.1. The molecule has 0 saturated heterocycles. The number of esters is 1. The van der Waals surface area contributed by atoms with Crippen molar-refractivity contribution in [1.82, 2.24) is 4.57 Å². The molecule has 0 bridgehead atoms. The van der Waals surface area contributed by atoms with E-state index in [4.69, 9.17) is 4.74 Å². The number of hydrogen-bond acceptors (Lipinski definition) is 3. The third kappa shape index (κ3) is 2.59. The maximum absolute atomic E-state index is 12.1. The molecule has 0 atom stereocenters. The minimum Gasteiger partial charge on any atom is -0.464 e. The fraction of sp³-hybridized carbons (Fsp3) is 0.286. The standard InChI is InChI=1S/C14H15NO3/c1-2-9-18-13(16)10-15-8-7-11-5-3-4-6-12(11)14(15)17/h3-8H,2,9-10H2,1H3. The minimum absolute atomic E-state index is 0.0380. The summed E-state index contributed by atoms with van der Waals surface area (Å²) in [6, 6.07) is 9.14. The second kappa shape index (κ2) is 5.49. The van der Waals surface area contributed by atoms with Crippen LogP contribution in [0.15, 0.2) is 41.3 Å². The number of aromatic nitrogens is 1. The molecular weight excluding hydrogens is 230 g/mol. The zero-order valence-electron chi connectivity index (χ0n) is 10.3. The normalized spacial score (nSPS) is 10.5. The van der Waals surface area contributed by atoms with E-state index in [-0.39, 0.29) is 18.1 Å². The molecule has 4 heteroatoms. The number of carbonyl (C=O) groups excluding carboxylic acids is 1. The number of benzene rings is 1. The van der Waals surface area contributed by atoms with Crippen LogP contribution in [0.5, 0.6) is 0 Å². The first-order valence-electron chi connectivity index (χ1n) is 5.96. The first kappa shape index (κ1) is 12.4. The van der Waals surface area contributed by atoms with Gasteiger partial charge in [0.1, 0.15) is 6.54 Å². The molecule has 2 rings (SSSR count). The van der Waals surface area contributed by atoms with E-state index < -0.39 is 0 Å². The molecule has 0 unspecified atom stereocenters. The van der Waals surface area contributed by atoms with E-state index in [1.54, 1.807) is 12.3 Å². The summed E-state index contributed by atoms with van der Waals surface area (Å²) in [5, 5.41) is 1.49. The second-order valence-electron chi connectivity index (χ2n) is 4.06. The Bertz CT molecular complexity index is 616. The Morgan fingerprint density at radius 1 is 1.28 bits per heavy atom. The number of pyridine rings is 1. The molecule has 4 nitrogen and oxygen atoms in total. The van der Waals surface area contributed by atoms with Gasteiger partial charge in [-0.3, -0.25) is 9.59 Å². The number of carbonyl (C=O) groups is 1. The highest BCUT2D eigenvalue weighted by Crippen LogP contribution is 2.07. The van der Waals surface area contributed by atoms with Gasteiger partial charge in [-0.15, -0.1) is 0 Å². The molecule has 0 spiro atoms. The Morgan fingerprint density at radius 3 is 2.83 bits per heavy atom. The molecule has 0 radical (unpaired) electrons. The summed E-state index contributed by atoms with van der Waals surface area (Å²) < 4.78 is 6.34. The fourth-order valence-corrected chi connectivity index (χ4v) is 1.75. The Morgan fingerprint density at radius 2 is 2.06 bits per heavy atom. The predicted molar refractivity (Wildman–Crippen MR) is 69.5 cm³/mol. The lowest BCUT2D eigenvalue weighted by molar-refractivity contribution is -0.144. The zero-order chi connectivity index (χ0) is 13.0. The number of ether oxygens (including phenoxy) is 1. The van der Waals surface area contributed by atoms with Gasteiger partial charge in [0.05, 0.1) is 6.61 Å². The van der Waals surface area contributed by atoms with Gasteiger partial charge in [-0.1, -0.05) is 25.1 Å². The van der Waals surface area contributed by atoms with E-state index in [1.165, 1.54) is 4.57 Å². The van der Waals surface area contributed by atoms with Crippen LogP contribution in [-0.2, 0) is 16.1 Å². The van der Waals surface area contributed by atoms with Gasteiger partial charge in [0.25, 0.3) is 5.56 Å². The summed E-state index contributed by atoms with van der Waals surface area (Å²) in [6.45, 7) is 2.28. The molecule has 0 aliphatic carbocycles.